The van der Waals surface area contributed by atoms with E-state index in [2.05, 4.69) is 64.0 Å². The van der Waals surface area contributed by atoms with Crippen LogP contribution in [0.25, 0.3) is 0 Å². The summed E-state index contributed by atoms with van der Waals surface area (Å²) in [5.74, 6) is 0.901. The van der Waals surface area contributed by atoms with Gasteiger partial charge in [-0.3, -0.25) is 15.1 Å². The highest BCUT2D eigenvalue weighted by molar-refractivity contribution is 6.24. The fourth-order valence-electron chi connectivity index (χ4n) is 4.75. The highest BCUT2D eigenvalue weighted by atomic mass is 16.2. The second kappa shape index (κ2) is 6.21. The van der Waals surface area contributed by atoms with Gasteiger partial charge in [0, 0.05) is 5.56 Å². The Kier molecular flexibility index (Phi) is 3.50. The van der Waals surface area contributed by atoms with Crippen molar-refractivity contribution in [1.29, 1.82) is 0 Å². The molecule has 0 saturated heterocycles. The van der Waals surface area contributed by atoms with Gasteiger partial charge >= 0.3 is 0 Å². The summed E-state index contributed by atoms with van der Waals surface area (Å²) in [4.78, 5) is 17.8. The van der Waals surface area contributed by atoms with Crippen LogP contribution in [0.4, 0.5) is 17.1 Å². The number of carbonyl (C=O) groups excluding carboxylic acids is 1. The third kappa shape index (κ3) is 2.34. The number of fused-ring (bicyclic) bond motifs is 5. The van der Waals surface area contributed by atoms with Crippen LogP contribution in [0, 0.1) is 0 Å². The molecular weight excluding hydrogens is 360 g/mol. The van der Waals surface area contributed by atoms with E-state index < -0.39 is 0 Å². The van der Waals surface area contributed by atoms with E-state index in [1.807, 2.05) is 29.2 Å². The second-order valence-electron chi connectivity index (χ2n) is 7.66. The maximum absolute atomic E-state index is 13.7. The SMILES string of the molecule is O=C1C(CCc2ccccc2)c2cccc3c2N1c1ccccc1N1CNN=C31. The lowest BCUT2D eigenvalue weighted by Crippen LogP contribution is -2.29. The fourth-order valence-corrected chi connectivity index (χ4v) is 4.75. The van der Waals surface area contributed by atoms with Gasteiger partial charge in [0.15, 0.2) is 5.84 Å². The van der Waals surface area contributed by atoms with Gasteiger partial charge in [0.25, 0.3) is 0 Å². The maximum atomic E-state index is 13.7. The molecule has 6 rings (SSSR count). The number of hydrogen-bond donors (Lipinski definition) is 1. The van der Waals surface area contributed by atoms with Crippen LogP contribution < -0.4 is 15.2 Å². The molecular formula is C24H20N4O. The molecule has 3 aliphatic rings. The Morgan fingerprint density at radius 2 is 1.72 bits per heavy atom. The predicted molar refractivity (Wildman–Crippen MR) is 115 cm³/mol. The molecule has 142 valence electrons. The van der Waals surface area contributed by atoms with Crippen LogP contribution in [0.15, 0.2) is 77.9 Å². The van der Waals surface area contributed by atoms with Gasteiger partial charge < -0.3 is 4.90 Å². The predicted octanol–water partition coefficient (Wildman–Crippen LogP) is 4.12. The molecule has 3 aliphatic heterocycles. The number of anilines is 3. The number of hydrogen-bond acceptors (Lipinski definition) is 4. The first-order valence-electron chi connectivity index (χ1n) is 10.0. The number of carbonyl (C=O) groups is 1. The number of aryl methyl sites for hydroxylation is 1. The van der Waals surface area contributed by atoms with Gasteiger partial charge in [0.05, 0.1) is 23.0 Å². The van der Waals surface area contributed by atoms with Gasteiger partial charge in [-0.1, -0.05) is 54.6 Å². The summed E-state index contributed by atoms with van der Waals surface area (Å²) < 4.78 is 0. The summed E-state index contributed by atoms with van der Waals surface area (Å²) in [6, 6.07) is 24.7. The summed E-state index contributed by atoms with van der Waals surface area (Å²) in [5, 5.41) is 4.56. The zero-order valence-electron chi connectivity index (χ0n) is 15.9. The Bertz CT molecular complexity index is 1150. The minimum atomic E-state index is -0.139. The molecule has 5 nitrogen and oxygen atoms in total. The highest BCUT2D eigenvalue weighted by Crippen LogP contribution is 2.50. The fraction of sp³-hybridized carbons (Fsp3) is 0.167. The van der Waals surface area contributed by atoms with Crippen molar-refractivity contribution in [2.75, 3.05) is 16.5 Å². The van der Waals surface area contributed by atoms with Crippen LogP contribution in [-0.2, 0) is 11.2 Å². The summed E-state index contributed by atoms with van der Waals surface area (Å²) >= 11 is 0. The zero-order valence-corrected chi connectivity index (χ0v) is 15.9. The van der Waals surface area contributed by atoms with E-state index in [1.54, 1.807) is 0 Å². The van der Waals surface area contributed by atoms with E-state index in [0.29, 0.717) is 6.67 Å². The van der Waals surface area contributed by atoms with Gasteiger partial charge in [-0.2, -0.15) is 5.10 Å². The number of amidine groups is 1. The number of hydrazone groups is 1. The van der Waals surface area contributed by atoms with E-state index in [-0.39, 0.29) is 11.8 Å². The van der Waals surface area contributed by atoms with Gasteiger partial charge in [-0.05, 0) is 42.2 Å². The third-order valence-corrected chi connectivity index (χ3v) is 6.07. The maximum Gasteiger partial charge on any atom is 0.239 e. The standard InChI is InChI=1S/C24H20N4O/c29-24-18(14-13-16-7-2-1-3-8-16)17-9-6-10-19-22(17)28(24)21-12-5-4-11-20(21)27-15-25-26-23(19)27/h1-12,18,25H,13-15H2. The lowest BCUT2D eigenvalue weighted by atomic mass is 9.92. The second-order valence-corrected chi connectivity index (χ2v) is 7.66. The lowest BCUT2D eigenvalue weighted by Gasteiger charge is -2.23. The first-order chi connectivity index (χ1) is 14.3. The molecule has 0 saturated carbocycles. The van der Waals surface area contributed by atoms with Crippen molar-refractivity contribution in [3.63, 3.8) is 0 Å². The first-order valence-corrected chi connectivity index (χ1v) is 10.0. The molecule has 1 unspecified atom stereocenters. The molecule has 0 aromatic heterocycles. The molecule has 3 heterocycles. The van der Waals surface area contributed by atoms with Gasteiger partial charge in [0.2, 0.25) is 5.91 Å². The summed E-state index contributed by atoms with van der Waals surface area (Å²) in [6.07, 6.45) is 1.68. The Morgan fingerprint density at radius 3 is 2.59 bits per heavy atom. The minimum Gasteiger partial charge on any atom is -0.303 e. The van der Waals surface area contributed by atoms with E-state index in [4.69, 9.17) is 0 Å². The Balaban J connectivity index is 1.49. The molecule has 0 bridgehead atoms. The molecule has 1 atom stereocenters. The molecule has 0 aliphatic carbocycles. The molecule has 1 N–H and O–H groups in total. The average molecular weight is 380 g/mol. The number of nitrogens with zero attached hydrogens (tertiary/aromatic N) is 3. The molecule has 0 fully saturated rings. The smallest absolute Gasteiger partial charge is 0.239 e. The van der Waals surface area contributed by atoms with Gasteiger partial charge in [-0.25, -0.2) is 0 Å². The van der Waals surface area contributed by atoms with E-state index in [0.717, 1.165) is 46.9 Å². The first kappa shape index (κ1) is 16.4. The van der Waals surface area contributed by atoms with Crippen LogP contribution in [0.5, 0.6) is 0 Å². The van der Waals surface area contributed by atoms with Crippen LogP contribution in [0.2, 0.25) is 0 Å². The van der Waals surface area contributed by atoms with Crippen molar-refractivity contribution < 1.29 is 4.79 Å². The van der Waals surface area contributed by atoms with E-state index in [9.17, 15) is 4.79 Å². The van der Waals surface area contributed by atoms with Crippen molar-refractivity contribution in [2.45, 2.75) is 18.8 Å². The Hall–Kier alpha value is -3.60. The van der Waals surface area contributed by atoms with Crippen molar-refractivity contribution in [3.05, 3.63) is 89.5 Å². The molecule has 1 amide bonds. The Labute approximate surface area is 169 Å². The number of nitrogens with one attached hydrogen (secondary N) is 1. The van der Waals surface area contributed by atoms with E-state index in [1.165, 1.54) is 5.56 Å². The average Bonchev–Trinajstić information content (AvgIpc) is 3.32. The Morgan fingerprint density at radius 1 is 0.931 bits per heavy atom. The minimum absolute atomic E-state index is 0.139. The third-order valence-electron chi connectivity index (χ3n) is 6.07. The van der Waals surface area contributed by atoms with Gasteiger partial charge in [-0.15, -0.1) is 0 Å². The van der Waals surface area contributed by atoms with Crippen LogP contribution in [0.1, 0.15) is 29.0 Å². The summed E-state index contributed by atoms with van der Waals surface area (Å²) in [6.45, 7) is 0.607. The molecule has 0 radical (unpaired) electrons. The normalized spacial score (nSPS) is 18.6. The van der Waals surface area contributed by atoms with Gasteiger partial charge in [0.1, 0.15) is 6.67 Å². The number of amides is 1. The molecule has 3 aromatic carbocycles. The van der Waals surface area contributed by atoms with Crippen molar-refractivity contribution >= 4 is 28.8 Å². The van der Waals surface area contributed by atoms with Crippen LogP contribution in [-0.4, -0.2) is 18.4 Å². The van der Waals surface area contributed by atoms with Crippen molar-refractivity contribution in [1.82, 2.24) is 5.43 Å². The molecule has 5 heteroatoms. The monoisotopic (exact) mass is 380 g/mol. The van der Waals surface area contributed by atoms with Crippen LogP contribution >= 0.6 is 0 Å². The summed E-state index contributed by atoms with van der Waals surface area (Å²) in [7, 11) is 0. The van der Waals surface area contributed by atoms with Crippen LogP contribution in [0.3, 0.4) is 0 Å². The quantitative estimate of drug-likeness (QED) is 0.743. The van der Waals surface area contributed by atoms with Crippen molar-refractivity contribution in [3.8, 4) is 0 Å². The number of para-hydroxylation sites is 3. The highest BCUT2D eigenvalue weighted by Gasteiger charge is 2.44. The van der Waals surface area contributed by atoms with E-state index >= 15 is 0 Å². The molecule has 29 heavy (non-hydrogen) atoms. The van der Waals surface area contributed by atoms with Crippen molar-refractivity contribution in [2.24, 2.45) is 5.10 Å². The largest absolute Gasteiger partial charge is 0.303 e. The number of rotatable bonds is 3. The molecule has 3 aromatic rings. The summed E-state index contributed by atoms with van der Waals surface area (Å²) in [5.41, 5.74) is 9.43. The number of benzene rings is 3. The lowest BCUT2D eigenvalue weighted by molar-refractivity contribution is -0.118. The zero-order chi connectivity index (χ0) is 19.4. The molecule has 0 spiro atoms. The topological polar surface area (TPSA) is 47.9 Å².